The number of carboxylic acid groups (broad SMARTS) is 2. The molecule has 4 rings (SSSR count). The predicted octanol–water partition coefficient (Wildman–Crippen LogP) is 17.3. The third-order valence-corrected chi connectivity index (χ3v) is 21.6. The van der Waals surface area contributed by atoms with Gasteiger partial charge in [-0.2, -0.15) is 0 Å². The molecule has 4 atom stereocenters. The van der Waals surface area contributed by atoms with E-state index in [0.29, 0.717) is 112 Å². The first-order chi connectivity index (χ1) is 41.4. The van der Waals surface area contributed by atoms with E-state index in [2.05, 4.69) is 98.7 Å². The first kappa shape index (κ1) is 77.2. The number of amides is 2. The smallest absolute Gasteiger partial charge is 0.342 e. The van der Waals surface area contributed by atoms with Gasteiger partial charge in [-0.3, -0.25) is 24.0 Å². The summed E-state index contributed by atoms with van der Waals surface area (Å²) in [6.45, 7) is 49.2. The van der Waals surface area contributed by atoms with Crippen molar-refractivity contribution in [1.29, 1.82) is 0 Å². The quantitative estimate of drug-likeness (QED) is 0.0314. The van der Waals surface area contributed by atoms with Crippen molar-refractivity contribution in [2.24, 2.45) is 84.3 Å². The van der Waals surface area contributed by atoms with Crippen LogP contribution < -0.4 is 10.6 Å². The van der Waals surface area contributed by atoms with Crippen molar-refractivity contribution >= 4 is 59.4 Å². The second-order valence-corrected chi connectivity index (χ2v) is 32.7. The lowest BCUT2D eigenvalue weighted by Gasteiger charge is -2.50. The number of H-pyrrole nitrogens is 1. The summed E-state index contributed by atoms with van der Waals surface area (Å²) in [5.74, 6) is -4.75. The van der Waals surface area contributed by atoms with E-state index in [9.17, 15) is 29.4 Å². The maximum Gasteiger partial charge on any atom is 0.342 e. The highest BCUT2D eigenvalue weighted by Crippen LogP contribution is 2.54. The van der Waals surface area contributed by atoms with Gasteiger partial charge in [0.2, 0.25) is 11.8 Å². The molecular formula is C74H122N4O12. The number of amidine groups is 1. The van der Waals surface area contributed by atoms with E-state index in [4.69, 9.17) is 19.2 Å². The fourth-order valence-corrected chi connectivity index (χ4v) is 14.8. The molecule has 0 bridgehead atoms. The van der Waals surface area contributed by atoms with E-state index in [1.54, 1.807) is 0 Å². The van der Waals surface area contributed by atoms with E-state index in [0.717, 1.165) is 0 Å². The number of carboxylic acids is 2. The molecule has 3 aliphatic rings. The summed E-state index contributed by atoms with van der Waals surface area (Å²) < 4.78 is 19.8. The molecule has 5 N–H and O–H groups in total. The van der Waals surface area contributed by atoms with Gasteiger partial charge in [-0.05, 0) is 166 Å². The highest BCUT2D eigenvalue weighted by atomic mass is 16.6. The molecule has 2 saturated carbocycles. The van der Waals surface area contributed by atoms with Crippen molar-refractivity contribution in [1.82, 2.24) is 10.3 Å². The Morgan fingerprint density at radius 3 is 1.36 bits per heavy atom. The maximum atomic E-state index is 15.9. The summed E-state index contributed by atoms with van der Waals surface area (Å²) in [5, 5.41) is 26.0. The van der Waals surface area contributed by atoms with E-state index >= 15 is 14.4 Å². The largest absolute Gasteiger partial charge is 0.481 e. The van der Waals surface area contributed by atoms with Crippen molar-refractivity contribution in [2.75, 3.05) is 11.9 Å². The van der Waals surface area contributed by atoms with Crippen LogP contribution in [0.2, 0.25) is 0 Å². The van der Waals surface area contributed by atoms with Gasteiger partial charge in [-0.25, -0.2) is 14.6 Å². The van der Waals surface area contributed by atoms with Gasteiger partial charge >= 0.3 is 29.8 Å². The molecule has 1 aromatic rings. The van der Waals surface area contributed by atoms with E-state index in [-0.39, 0.29) is 129 Å². The van der Waals surface area contributed by atoms with Crippen LogP contribution in [0.5, 0.6) is 0 Å². The summed E-state index contributed by atoms with van der Waals surface area (Å²) in [6.07, 6.45) is 8.41. The lowest BCUT2D eigenvalue weighted by Crippen LogP contribution is -2.50. The van der Waals surface area contributed by atoms with Crippen LogP contribution in [0.1, 0.15) is 296 Å². The number of allylic oxidation sites excluding steroid dienone is 1. The molecule has 0 saturated heterocycles. The van der Waals surface area contributed by atoms with Crippen LogP contribution in [0.25, 0.3) is 6.08 Å². The number of nitrogens with zero attached hydrogens (tertiary/aromatic N) is 1. The van der Waals surface area contributed by atoms with Crippen LogP contribution >= 0.6 is 0 Å². The molecule has 1 aromatic heterocycles. The molecule has 2 amide bonds. The van der Waals surface area contributed by atoms with Crippen molar-refractivity contribution in [3.8, 4) is 0 Å². The van der Waals surface area contributed by atoms with Gasteiger partial charge < -0.3 is 40.0 Å². The average molecular weight is 1260 g/mol. The zero-order chi connectivity index (χ0) is 68.6. The number of hydrogen-bond acceptors (Lipinski definition) is 11. The van der Waals surface area contributed by atoms with E-state index in [1.807, 2.05) is 89.2 Å². The van der Waals surface area contributed by atoms with Crippen LogP contribution in [0.4, 0.5) is 5.82 Å². The average Bonchev–Trinajstić information content (AvgIpc) is 2.23. The maximum absolute atomic E-state index is 15.9. The molecule has 2 heterocycles. The summed E-state index contributed by atoms with van der Waals surface area (Å²) in [4.78, 5) is 108. The minimum absolute atomic E-state index is 0.0296. The molecule has 0 spiro atoms. The number of aromatic nitrogens is 1. The Morgan fingerprint density at radius 1 is 0.578 bits per heavy atom. The van der Waals surface area contributed by atoms with Gasteiger partial charge in [-0.1, -0.05) is 152 Å². The number of aromatic amines is 1. The minimum Gasteiger partial charge on any atom is -0.481 e. The van der Waals surface area contributed by atoms with Gasteiger partial charge in [0.1, 0.15) is 35.0 Å². The number of carbonyl (C=O) groups excluding carboxylic acids is 5. The predicted molar refractivity (Wildman–Crippen MR) is 360 cm³/mol. The van der Waals surface area contributed by atoms with Crippen molar-refractivity contribution < 1.29 is 58.0 Å². The third-order valence-electron chi connectivity index (χ3n) is 21.6. The fourth-order valence-electron chi connectivity index (χ4n) is 14.8. The number of carbonyl (C=O) groups is 7. The normalized spacial score (nSPS) is 22.8. The minimum atomic E-state index is -0.954. The fraction of sp³-hybridized carbons (Fsp3) is 0.784. The molecule has 16 heteroatoms. The molecule has 2 aliphatic carbocycles. The van der Waals surface area contributed by atoms with Gasteiger partial charge in [0.25, 0.3) is 0 Å². The number of nitrogens with one attached hydrogen (secondary N) is 3. The summed E-state index contributed by atoms with van der Waals surface area (Å²) in [5.41, 5.74) is -1.60. The van der Waals surface area contributed by atoms with Crippen LogP contribution in [-0.4, -0.2) is 81.5 Å². The molecule has 4 unspecified atom stereocenters. The SMILES string of the molecule is CCC(C)(C)C(=O)OCCCC(CC)(CC)C(=O)NC1=NC(=Cc2[nH]c(NC(=O)C(CC)(CC)CC)c(C(=O)OC3C(C(C)(C)C)CC(CCC(=O)O)CC3C(C)(C)C)c2C(C)C)C(C(C)C)=C1C(=O)OC1C(C(C)(C)C)CC(CCC(=O)O)CC1C(C)(C)C. The number of aliphatic imine (C=N–C) groups is 1. The number of anilines is 1. The number of ether oxygens (including phenoxy) is 3. The molecule has 90 heavy (non-hydrogen) atoms. The second kappa shape index (κ2) is 30.6. The Hall–Kier alpha value is -5.28. The highest BCUT2D eigenvalue weighted by Gasteiger charge is 2.52. The Kier molecular flexibility index (Phi) is 26.3. The Morgan fingerprint density at radius 2 is 0.989 bits per heavy atom. The number of aliphatic carboxylic acids is 2. The summed E-state index contributed by atoms with van der Waals surface area (Å²) in [7, 11) is 0. The zero-order valence-corrected chi connectivity index (χ0v) is 60.3. The molecule has 0 aromatic carbocycles. The first-order valence-electron chi connectivity index (χ1n) is 34.4. The van der Waals surface area contributed by atoms with Crippen molar-refractivity contribution in [3.63, 3.8) is 0 Å². The van der Waals surface area contributed by atoms with E-state index < -0.39 is 52.3 Å². The van der Waals surface area contributed by atoms with Crippen LogP contribution in [0.15, 0.2) is 21.8 Å². The lowest BCUT2D eigenvalue weighted by molar-refractivity contribution is -0.165. The monoisotopic (exact) mass is 1260 g/mol. The molecular weight excluding hydrogens is 1140 g/mol. The van der Waals surface area contributed by atoms with Gasteiger partial charge in [0.15, 0.2) is 0 Å². The molecule has 510 valence electrons. The summed E-state index contributed by atoms with van der Waals surface area (Å²) in [6, 6.07) is 0. The Balaban J connectivity index is 2.09. The van der Waals surface area contributed by atoms with Gasteiger partial charge in [0.05, 0.1) is 17.7 Å². The van der Waals surface area contributed by atoms with Gasteiger partial charge in [0, 0.05) is 53.0 Å². The molecule has 2 fully saturated rings. The third kappa shape index (κ3) is 18.5. The van der Waals surface area contributed by atoms with Crippen molar-refractivity contribution in [2.45, 2.75) is 287 Å². The first-order valence-corrected chi connectivity index (χ1v) is 34.4. The van der Waals surface area contributed by atoms with E-state index in [1.165, 1.54) is 0 Å². The van der Waals surface area contributed by atoms with Crippen LogP contribution in [-0.2, 0) is 43.0 Å². The Bertz CT molecular complexity index is 2740. The van der Waals surface area contributed by atoms with Crippen LogP contribution in [0.3, 0.4) is 0 Å². The number of rotatable bonds is 27. The molecule has 1 aliphatic heterocycles. The standard InChI is InChI=1S/C74H122N4O12/c1-25-72(23,24)67(87)88-37-31-36-74(29-5,30-6)66(86)78-62-58(64(84)90-60-49(70(17,18)19)40-46(33-35-54(81)82)41-50(60)71(20,21)22)56(44(9)10)52(76-62)42-51-55(43(7)8)57(61(75-51)77-65(85)73(26-2,27-3)28-4)63(83)89-59-47(68(11,12)13)38-45(32-34-53(79)80)39-48(59)69(14,15)16/h42-50,59-60,75H,25-41H2,1-24H3,(H,77,85)(H,79,80)(H,81,82)(H,76,78,86). The Labute approximate surface area is 542 Å². The highest BCUT2D eigenvalue weighted by molar-refractivity contribution is 6.26. The van der Waals surface area contributed by atoms with Crippen LogP contribution in [0, 0.1) is 79.3 Å². The number of esters is 3. The number of hydrogen-bond donors (Lipinski definition) is 5. The zero-order valence-electron chi connectivity index (χ0n) is 60.3. The topological polar surface area (TPSA) is 240 Å². The van der Waals surface area contributed by atoms with Gasteiger partial charge in [-0.15, -0.1) is 0 Å². The van der Waals surface area contributed by atoms with Crippen molar-refractivity contribution in [3.05, 3.63) is 33.7 Å². The lowest BCUT2D eigenvalue weighted by atomic mass is 9.58. The second-order valence-electron chi connectivity index (χ2n) is 32.7. The molecule has 16 nitrogen and oxygen atoms in total. The summed E-state index contributed by atoms with van der Waals surface area (Å²) >= 11 is 0. The molecule has 0 radical (unpaired) electrons.